The summed E-state index contributed by atoms with van der Waals surface area (Å²) in [6.07, 6.45) is 0.313. The summed E-state index contributed by atoms with van der Waals surface area (Å²) in [7, 11) is 0. The Morgan fingerprint density at radius 2 is 1.26 bits per heavy atom. The molecule has 0 saturated carbocycles. The zero-order valence-electron chi connectivity index (χ0n) is 40.7. The Hall–Kier alpha value is -7.01. The van der Waals surface area contributed by atoms with Crippen molar-refractivity contribution in [3.05, 3.63) is 114 Å². The summed E-state index contributed by atoms with van der Waals surface area (Å²) in [5, 5.41) is 30.0. The fourth-order valence-electron chi connectivity index (χ4n) is 6.15. The van der Waals surface area contributed by atoms with Gasteiger partial charge < -0.3 is 51.8 Å². The van der Waals surface area contributed by atoms with Crippen LogP contribution in [0.15, 0.2) is 91.0 Å². The lowest BCUT2D eigenvalue weighted by atomic mass is 9.95. The largest absolute Gasteiger partial charge is 0.445 e. The van der Waals surface area contributed by atoms with E-state index in [-0.39, 0.29) is 76.2 Å². The molecule has 0 spiro atoms. The van der Waals surface area contributed by atoms with Gasteiger partial charge in [-0.2, -0.15) is 0 Å². The molecule has 0 bridgehead atoms. The van der Waals surface area contributed by atoms with Gasteiger partial charge in [0.05, 0.1) is 38.4 Å². The van der Waals surface area contributed by atoms with E-state index >= 15 is 0 Å². The summed E-state index contributed by atoms with van der Waals surface area (Å²) < 4.78 is 18.2. The van der Waals surface area contributed by atoms with Crippen molar-refractivity contribution in [3.8, 4) is 0 Å². The normalized spacial score (nSPS) is 13.7. The van der Waals surface area contributed by atoms with Crippen LogP contribution in [-0.2, 0) is 64.5 Å². The maximum Gasteiger partial charge on any atom is 0.407 e. The number of aryl methyl sites for hydroxylation is 1. The van der Waals surface area contributed by atoms with Crippen LogP contribution >= 0.6 is 12.4 Å². The Kier molecular flexibility index (Phi) is 26.6. The molecule has 1 aliphatic rings. The SMILES string of the molecule is C.CC(C)(C)C(=O)N[C@H](COCc1ccccc1)C(=O)NCCCNC(=O)OCc1ccccc1.CC(C)(N)C(=O)N[C@H](COCc1ccccc1)c1nnnn1CCCNC(=O)CC1NC(=O)NC1=O.Cl. The highest BCUT2D eigenvalue weighted by atomic mass is 35.5. The molecule has 1 fully saturated rings. The number of carbonyl (C=O) groups is 7. The van der Waals surface area contributed by atoms with Crippen LogP contribution in [0.4, 0.5) is 9.59 Å². The lowest BCUT2D eigenvalue weighted by molar-refractivity contribution is -0.134. The summed E-state index contributed by atoms with van der Waals surface area (Å²) in [6.45, 7) is 10.9. The predicted molar refractivity (Wildman–Crippen MR) is 269 cm³/mol. The Morgan fingerprint density at radius 3 is 1.81 bits per heavy atom. The first-order valence-corrected chi connectivity index (χ1v) is 22.9. The molecule has 1 saturated heterocycles. The third-order valence-corrected chi connectivity index (χ3v) is 10.1. The number of aromatic nitrogens is 4. The zero-order chi connectivity index (χ0) is 50.9. The third kappa shape index (κ3) is 22.8. The molecule has 23 heteroatoms. The van der Waals surface area contributed by atoms with Crippen LogP contribution < -0.4 is 43.0 Å². The zero-order valence-corrected chi connectivity index (χ0v) is 41.6. The molecule has 394 valence electrons. The van der Waals surface area contributed by atoms with Crippen LogP contribution in [0.5, 0.6) is 0 Å². The van der Waals surface area contributed by atoms with Crippen molar-refractivity contribution in [1.29, 1.82) is 0 Å². The summed E-state index contributed by atoms with van der Waals surface area (Å²) in [5.41, 5.74) is 7.05. The number of hydrogen-bond donors (Lipinski definition) is 8. The Balaban J connectivity index is 0.000000481. The second-order valence-electron chi connectivity index (χ2n) is 17.8. The van der Waals surface area contributed by atoms with Gasteiger partial charge in [0.15, 0.2) is 5.82 Å². The summed E-state index contributed by atoms with van der Waals surface area (Å²) in [5.74, 6) is -1.48. The molecule has 0 radical (unpaired) electrons. The number of halogens is 1. The topological polar surface area (TPSA) is 301 Å². The molecule has 9 N–H and O–H groups in total. The molecule has 1 aliphatic heterocycles. The molecule has 5 rings (SSSR count). The van der Waals surface area contributed by atoms with Crippen molar-refractivity contribution < 1.29 is 47.8 Å². The maximum absolute atomic E-state index is 12.7. The Bertz CT molecular complexity index is 2300. The number of carbonyl (C=O) groups excluding carboxylic acids is 7. The van der Waals surface area contributed by atoms with Gasteiger partial charge in [0.2, 0.25) is 23.6 Å². The van der Waals surface area contributed by atoms with E-state index in [1.54, 1.807) is 34.6 Å². The van der Waals surface area contributed by atoms with Crippen molar-refractivity contribution in [2.75, 3.05) is 32.8 Å². The number of nitrogens with one attached hydrogen (secondary N) is 7. The number of ether oxygens (including phenoxy) is 3. The first-order chi connectivity index (χ1) is 33.4. The van der Waals surface area contributed by atoms with Gasteiger partial charge in [-0.1, -0.05) is 119 Å². The van der Waals surface area contributed by atoms with Gasteiger partial charge in [-0.05, 0) is 53.8 Å². The van der Waals surface area contributed by atoms with Gasteiger partial charge in [-0.15, -0.1) is 17.5 Å². The Labute approximate surface area is 426 Å². The van der Waals surface area contributed by atoms with Crippen LogP contribution in [0, 0.1) is 5.41 Å². The first kappa shape index (κ1) is 61.1. The number of alkyl carbamates (subject to hydrolysis) is 1. The number of rotatable bonds is 25. The number of tetrazole rings is 1. The van der Waals surface area contributed by atoms with Crippen LogP contribution in [0.25, 0.3) is 0 Å². The molecular weight excluding hydrogens is 952 g/mol. The quantitative estimate of drug-likeness (QED) is 0.0350. The molecule has 8 amide bonds. The van der Waals surface area contributed by atoms with Crippen molar-refractivity contribution in [3.63, 3.8) is 0 Å². The van der Waals surface area contributed by atoms with Gasteiger partial charge in [-0.25, -0.2) is 14.3 Å². The lowest BCUT2D eigenvalue weighted by Gasteiger charge is -2.24. The molecule has 0 aliphatic carbocycles. The van der Waals surface area contributed by atoms with E-state index in [1.807, 2.05) is 91.0 Å². The highest BCUT2D eigenvalue weighted by Crippen LogP contribution is 2.15. The number of benzene rings is 3. The highest BCUT2D eigenvalue weighted by molar-refractivity contribution is 6.05. The summed E-state index contributed by atoms with van der Waals surface area (Å²) in [4.78, 5) is 84.2. The van der Waals surface area contributed by atoms with Crippen molar-refractivity contribution >= 4 is 54.1 Å². The van der Waals surface area contributed by atoms with Crippen molar-refractivity contribution in [2.24, 2.45) is 11.1 Å². The van der Waals surface area contributed by atoms with Crippen LogP contribution in [0.3, 0.4) is 0 Å². The molecule has 3 atom stereocenters. The summed E-state index contributed by atoms with van der Waals surface area (Å²) in [6, 6.07) is 25.6. The third-order valence-electron chi connectivity index (χ3n) is 10.1. The number of hydrogen-bond acceptors (Lipinski definition) is 14. The van der Waals surface area contributed by atoms with Crippen molar-refractivity contribution in [1.82, 2.24) is 57.4 Å². The second kappa shape index (κ2) is 31.4. The second-order valence-corrected chi connectivity index (χ2v) is 17.8. The van der Waals surface area contributed by atoms with Crippen LogP contribution in [0.1, 0.15) is 89.9 Å². The van der Waals surface area contributed by atoms with Gasteiger partial charge in [0.25, 0.3) is 5.91 Å². The molecule has 22 nitrogen and oxygen atoms in total. The average molecular weight is 1020 g/mol. The fourth-order valence-corrected chi connectivity index (χ4v) is 6.15. The fraction of sp³-hybridized carbons (Fsp3) is 0.469. The maximum atomic E-state index is 12.7. The van der Waals surface area contributed by atoms with Gasteiger partial charge >= 0.3 is 12.1 Å². The number of nitrogens with zero attached hydrogens (tertiary/aromatic N) is 4. The minimum absolute atomic E-state index is 0. The summed E-state index contributed by atoms with van der Waals surface area (Å²) >= 11 is 0. The molecule has 1 aromatic heterocycles. The van der Waals surface area contributed by atoms with Crippen LogP contribution in [-0.4, -0.2) is 112 Å². The smallest absolute Gasteiger partial charge is 0.407 e. The first-order valence-electron chi connectivity index (χ1n) is 22.9. The van der Waals surface area contributed by atoms with E-state index in [9.17, 15) is 33.6 Å². The average Bonchev–Trinajstić information content (AvgIpc) is 3.93. The Morgan fingerprint density at radius 1 is 0.722 bits per heavy atom. The monoisotopic (exact) mass is 1020 g/mol. The minimum Gasteiger partial charge on any atom is -0.445 e. The number of nitrogens with two attached hydrogens (primary N) is 1. The van der Waals surface area contributed by atoms with E-state index in [2.05, 4.69) is 52.7 Å². The number of imide groups is 1. The number of urea groups is 1. The lowest BCUT2D eigenvalue weighted by Crippen LogP contribution is -2.52. The highest BCUT2D eigenvalue weighted by Gasteiger charge is 2.32. The molecule has 4 aromatic rings. The van der Waals surface area contributed by atoms with E-state index in [0.29, 0.717) is 51.5 Å². The van der Waals surface area contributed by atoms with Gasteiger partial charge in [0, 0.05) is 31.6 Å². The van der Waals surface area contributed by atoms with E-state index in [1.165, 1.54) is 4.68 Å². The van der Waals surface area contributed by atoms with E-state index < -0.39 is 47.1 Å². The van der Waals surface area contributed by atoms with Crippen molar-refractivity contribution in [2.45, 2.75) is 111 Å². The molecule has 1 unspecified atom stereocenters. The van der Waals surface area contributed by atoms with E-state index in [0.717, 1.165) is 16.7 Å². The van der Waals surface area contributed by atoms with Gasteiger partial charge in [0.1, 0.15) is 24.7 Å². The minimum atomic E-state index is -1.12. The van der Waals surface area contributed by atoms with Gasteiger partial charge in [-0.3, -0.25) is 29.3 Å². The predicted octanol–water partition coefficient (Wildman–Crippen LogP) is 3.11. The molecular formula is C49H71ClN12O10. The molecule has 3 aromatic carbocycles. The molecule has 2 heterocycles. The molecule has 72 heavy (non-hydrogen) atoms. The number of amides is 8. The standard InChI is InChI=1S/C26H35N3O5.C22H31N9O5.CH4.ClH/c1-26(2,3)24(31)29-22(19-33-17-20-11-6-4-7-12-20)23(30)27-15-10-16-28-25(32)34-18-21-13-8-5-9-14-21;1-22(2,23)20(34)25-16(13-36-12-14-7-4-3-5-8-14)18-28-29-30-31(18)10-6-9-24-17(32)11-15-19(33)27-21(35)26-15;;/h4-9,11-14,22H,10,15-19H2,1-3H3,(H,27,30)(H,28,32)(H,29,31);3-5,7-8,15-16H,6,9-13,23H2,1-2H3,(H,24,32)(H,25,34)(H2,26,27,33,35);1H4;1H/t22-;15?,16-;;/m11../s1. The van der Waals surface area contributed by atoms with Crippen LogP contribution in [0.2, 0.25) is 0 Å². The van der Waals surface area contributed by atoms with E-state index in [4.69, 9.17) is 19.9 Å².